The fraction of sp³-hybridized carbons (Fsp3) is 0.600. The maximum Gasteiger partial charge on any atom is 0.0314 e. The van der Waals surface area contributed by atoms with E-state index in [9.17, 15) is 0 Å². The molecular weight excluding hydrogens is 222 g/mol. The van der Waals surface area contributed by atoms with Crippen molar-refractivity contribution in [2.24, 2.45) is 0 Å². The van der Waals surface area contributed by atoms with Gasteiger partial charge in [0.15, 0.2) is 0 Å². The van der Waals surface area contributed by atoms with Crippen LogP contribution in [0, 0.1) is 0 Å². The summed E-state index contributed by atoms with van der Waals surface area (Å²) in [6.45, 7) is 3.57. The van der Waals surface area contributed by atoms with Gasteiger partial charge in [0.05, 0.1) is 0 Å². The van der Waals surface area contributed by atoms with E-state index >= 15 is 0 Å². The Kier molecular flexibility index (Phi) is 4.61. The van der Waals surface area contributed by atoms with Crippen LogP contribution in [0.1, 0.15) is 18.4 Å². The zero-order valence-corrected chi connectivity index (χ0v) is 11.6. The summed E-state index contributed by atoms with van der Waals surface area (Å²) in [5, 5.41) is 0. The van der Waals surface area contributed by atoms with E-state index in [0.29, 0.717) is 0 Å². The average molecular weight is 247 g/mol. The number of likely N-dealkylation sites (tertiary alicyclic amines) is 1. The van der Waals surface area contributed by atoms with Crippen LogP contribution in [-0.4, -0.2) is 49.6 Å². The van der Waals surface area contributed by atoms with Crippen molar-refractivity contribution >= 4 is 5.69 Å². The molecule has 2 rings (SSSR count). The summed E-state index contributed by atoms with van der Waals surface area (Å²) >= 11 is 0. The fourth-order valence-corrected chi connectivity index (χ4v) is 2.67. The van der Waals surface area contributed by atoms with Gasteiger partial charge < -0.3 is 15.5 Å². The van der Waals surface area contributed by atoms with Crippen LogP contribution in [0.5, 0.6) is 0 Å². The van der Waals surface area contributed by atoms with Crippen molar-refractivity contribution in [2.45, 2.75) is 25.3 Å². The molecule has 1 saturated heterocycles. The highest BCUT2D eigenvalue weighted by atomic mass is 15.2. The van der Waals surface area contributed by atoms with Gasteiger partial charge >= 0.3 is 0 Å². The molecule has 3 heteroatoms. The van der Waals surface area contributed by atoms with Crippen molar-refractivity contribution in [1.82, 2.24) is 9.80 Å². The summed E-state index contributed by atoms with van der Waals surface area (Å²) in [5.41, 5.74) is 7.91. The van der Waals surface area contributed by atoms with Gasteiger partial charge in [0.1, 0.15) is 0 Å². The Bertz CT molecular complexity index is 361. The lowest BCUT2D eigenvalue weighted by Crippen LogP contribution is -2.37. The van der Waals surface area contributed by atoms with Gasteiger partial charge in [0.2, 0.25) is 0 Å². The first-order valence-electron chi connectivity index (χ1n) is 6.88. The highest BCUT2D eigenvalue weighted by Crippen LogP contribution is 2.15. The van der Waals surface area contributed by atoms with E-state index in [1.165, 1.54) is 31.5 Å². The minimum atomic E-state index is 0.751. The molecular formula is C15H25N3. The number of hydrogen-bond acceptors (Lipinski definition) is 3. The third-order valence-electron chi connectivity index (χ3n) is 3.96. The van der Waals surface area contributed by atoms with Crippen molar-refractivity contribution in [3.05, 3.63) is 29.8 Å². The maximum absolute atomic E-state index is 5.69. The SMILES string of the molecule is CN(CCc1ccc(N)cc1)CC1CCCN1C. The minimum absolute atomic E-state index is 0.751. The molecule has 0 aliphatic carbocycles. The Morgan fingerprint density at radius 2 is 2.06 bits per heavy atom. The molecule has 1 fully saturated rings. The summed E-state index contributed by atoms with van der Waals surface area (Å²) in [5.74, 6) is 0. The topological polar surface area (TPSA) is 32.5 Å². The van der Waals surface area contributed by atoms with Crippen LogP contribution in [0.4, 0.5) is 5.69 Å². The van der Waals surface area contributed by atoms with Crippen molar-refractivity contribution in [2.75, 3.05) is 39.5 Å². The Morgan fingerprint density at radius 1 is 1.33 bits per heavy atom. The molecule has 1 heterocycles. The molecule has 3 nitrogen and oxygen atoms in total. The number of nitrogen functional groups attached to an aromatic ring is 1. The van der Waals surface area contributed by atoms with Gasteiger partial charge in [-0.15, -0.1) is 0 Å². The largest absolute Gasteiger partial charge is 0.399 e. The normalized spacial score (nSPS) is 20.7. The van der Waals surface area contributed by atoms with E-state index in [4.69, 9.17) is 5.73 Å². The summed E-state index contributed by atoms with van der Waals surface area (Å²) in [7, 11) is 4.47. The second-order valence-corrected chi connectivity index (χ2v) is 5.53. The number of benzene rings is 1. The van der Waals surface area contributed by atoms with Crippen molar-refractivity contribution in [3.63, 3.8) is 0 Å². The van der Waals surface area contributed by atoms with Crippen molar-refractivity contribution in [1.29, 1.82) is 0 Å². The van der Waals surface area contributed by atoms with Crippen molar-refractivity contribution in [3.8, 4) is 0 Å². The first-order chi connectivity index (χ1) is 8.65. The quantitative estimate of drug-likeness (QED) is 0.806. The maximum atomic E-state index is 5.69. The Morgan fingerprint density at radius 3 is 2.67 bits per heavy atom. The van der Waals surface area contributed by atoms with Gasteiger partial charge in [-0.25, -0.2) is 0 Å². The number of anilines is 1. The molecule has 18 heavy (non-hydrogen) atoms. The third-order valence-corrected chi connectivity index (χ3v) is 3.96. The molecule has 0 saturated carbocycles. The Labute approximate surface area is 111 Å². The summed E-state index contributed by atoms with van der Waals surface area (Å²) in [4.78, 5) is 4.93. The number of nitrogens with two attached hydrogens (primary N) is 1. The molecule has 1 unspecified atom stereocenters. The lowest BCUT2D eigenvalue weighted by atomic mass is 10.1. The zero-order valence-electron chi connectivity index (χ0n) is 11.6. The summed E-state index contributed by atoms with van der Waals surface area (Å²) in [6.07, 6.45) is 3.81. The number of likely N-dealkylation sites (N-methyl/N-ethyl adjacent to an activating group) is 2. The number of hydrogen-bond donors (Lipinski definition) is 1. The molecule has 1 aromatic rings. The predicted octanol–water partition coefficient (Wildman–Crippen LogP) is 1.84. The van der Waals surface area contributed by atoms with Gasteiger partial charge in [0, 0.05) is 24.8 Å². The van der Waals surface area contributed by atoms with Gasteiger partial charge in [-0.3, -0.25) is 0 Å². The van der Waals surface area contributed by atoms with Gasteiger partial charge in [-0.05, 0) is 57.6 Å². The van der Waals surface area contributed by atoms with Crippen LogP contribution in [0.15, 0.2) is 24.3 Å². The van der Waals surface area contributed by atoms with Crippen LogP contribution < -0.4 is 5.73 Å². The molecule has 1 atom stereocenters. The molecule has 2 N–H and O–H groups in total. The standard InChI is InChI=1S/C15H25N3/c1-17(12-15-4-3-10-18(15)2)11-9-13-5-7-14(16)8-6-13/h5-8,15H,3-4,9-12,16H2,1-2H3. The van der Waals surface area contributed by atoms with Crippen LogP contribution >= 0.6 is 0 Å². The monoisotopic (exact) mass is 247 g/mol. The second kappa shape index (κ2) is 6.21. The Balaban J connectivity index is 1.74. The van der Waals surface area contributed by atoms with E-state index in [1.807, 2.05) is 12.1 Å². The number of nitrogens with zero attached hydrogens (tertiary/aromatic N) is 2. The minimum Gasteiger partial charge on any atom is -0.399 e. The van der Waals surface area contributed by atoms with E-state index in [-0.39, 0.29) is 0 Å². The average Bonchev–Trinajstić information content (AvgIpc) is 2.74. The summed E-state index contributed by atoms with van der Waals surface area (Å²) < 4.78 is 0. The molecule has 100 valence electrons. The first-order valence-corrected chi connectivity index (χ1v) is 6.88. The zero-order chi connectivity index (χ0) is 13.0. The lowest BCUT2D eigenvalue weighted by Gasteiger charge is -2.25. The van der Waals surface area contributed by atoms with E-state index in [1.54, 1.807) is 0 Å². The smallest absolute Gasteiger partial charge is 0.0314 e. The Hall–Kier alpha value is -1.06. The molecule has 0 amide bonds. The molecule has 1 aliphatic rings. The van der Waals surface area contributed by atoms with Crippen LogP contribution in [-0.2, 0) is 6.42 Å². The van der Waals surface area contributed by atoms with Gasteiger partial charge in [-0.2, -0.15) is 0 Å². The predicted molar refractivity (Wildman–Crippen MR) is 77.7 cm³/mol. The first kappa shape index (κ1) is 13.4. The molecule has 1 aliphatic heterocycles. The highest BCUT2D eigenvalue weighted by Gasteiger charge is 2.21. The number of rotatable bonds is 5. The van der Waals surface area contributed by atoms with Crippen LogP contribution in [0.3, 0.4) is 0 Å². The molecule has 0 bridgehead atoms. The van der Waals surface area contributed by atoms with Crippen LogP contribution in [0.25, 0.3) is 0 Å². The van der Waals surface area contributed by atoms with E-state index in [0.717, 1.165) is 24.7 Å². The fourth-order valence-electron chi connectivity index (χ4n) is 2.67. The van der Waals surface area contributed by atoms with Gasteiger partial charge in [-0.1, -0.05) is 12.1 Å². The third kappa shape index (κ3) is 3.72. The summed E-state index contributed by atoms with van der Waals surface area (Å²) in [6, 6.07) is 8.98. The second-order valence-electron chi connectivity index (χ2n) is 5.53. The van der Waals surface area contributed by atoms with E-state index < -0.39 is 0 Å². The van der Waals surface area contributed by atoms with Crippen LogP contribution in [0.2, 0.25) is 0 Å². The van der Waals surface area contributed by atoms with E-state index in [2.05, 4.69) is 36.0 Å². The van der Waals surface area contributed by atoms with Crippen molar-refractivity contribution < 1.29 is 0 Å². The molecule has 0 aromatic heterocycles. The molecule has 1 aromatic carbocycles. The van der Waals surface area contributed by atoms with Gasteiger partial charge in [0.25, 0.3) is 0 Å². The molecule has 0 spiro atoms. The highest BCUT2D eigenvalue weighted by molar-refractivity contribution is 5.39. The molecule has 0 radical (unpaired) electrons. The lowest BCUT2D eigenvalue weighted by molar-refractivity contribution is 0.221.